The molecule has 2 heterocycles. The lowest BCUT2D eigenvalue weighted by Crippen LogP contribution is -2.64. The molecular weight excluding hydrogens is 456 g/mol. The summed E-state index contributed by atoms with van der Waals surface area (Å²) < 4.78 is 5.55. The van der Waals surface area contributed by atoms with Crippen molar-refractivity contribution in [2.24, 2.45) is 4.99 Å². The SMILES string of the molecule is Cc1ccc(N2C(=O)N(c3ccc(C#N)cc3)C(=NC(=O)Nc3ccc(C#N)cc3)C23COC3)cc1. The number of hydrogen-bond acceptors (Lipinski definition) is 5. The zero-order chi connectivity index (χ0) is 25.3. The van der Waals surface area contributed by atoms with Crippen molar-refractivity contribution < 1.29 is 14.3 Å². The largest absolute Gasteiger partial charge is 0.375 e. The van der Waals surface area contributed by atoms with Gasteiger partial charge in [0.1, 0.15) is 0 Å². The molecule has 0 aliphatic carbocycles. The van der Waals surface area contributed by atoms with Crippen LogP contribution in [-0.4, -0.2) is 36.7 Å². The van der Waals surface area contributed by atoms with E-state index < -0.39 is 11.6 Å². The minimum absolute atomic E-state index is 0.169. The number of ether oxygens (including phenoxy) is 1. The van der Waals surface area contributed by atoms with Crippen molar-refractivity contribution in [2.45, 2.75) is 12.5 Å². The van der Waals surface area contributed by atoms with Gasteiger partial charge in [0.2, 0.25) is 0 Å². The van der Waals surface area contributed by atoms with Crippen LogP contribution in [0.2, 0.25) is 0 Å². The van der Waals surface area contributed by atoms with Crippen molar-refractivity contribution in [3.63, 3.8) is 0 Å². The monoisotopic (exact) mass is 476 g/mol. The second-order valence-corrected chi connectivity index (χ2v) is 8.53. The van der Waals surface area contributed by atoms with Gasteiger partial charge in [-0.25, -0.2) is 14.5 Å². The number of hydrogen-bond donors (Lipinski definition) is 1. The quantitative estimate of drug-likeness (QED) is 0.593. The molecule has 0 unspecified atom stereocenters. The first-order valence-electron chi connectivity index (χ1n) is 11.1. The van der Waals surface area contributed by atoms with E-state index in [1.807, 2.05) is 37.3 Å². The maximum atomic E-state index is 13.9. The summed E-state index contributed by atoms with van der Waals surface area (Å²) in [7, 11) is 0. The molecule has 36 heavy (non-hydrogen) atoms. The van der Waals surface area contributed by atoms with Crippen LogP contribution in [0.3, 0.4) is 0 Å². The number of urea groups is 2. The van der Waals surface area contributed by atoms with Gasteiger partial charge in [-0.3, -0.25) is 4.90 Å². The Morgan fingerprint density at radius 2 is 1.47 bits per heavy atom. The van der Waals surface area contributed by atoms with Crippen LogP contribution in [0.15, 0.2) is 77.8 Å². The standard InChI is InChI=1S/C27H20N6O3/c1-18-2-10-23(11-3-18)33-26(35)32(22-12-6-20(15-29)7-13-22)24(27(33)16-36-17-27)31-25(34)30-21-8-4-19(14-28)5-9-21/h2-13H,16-17H2,1H3,(H,30,34). The highest BCUT2D eigenvalue weighted by Gasteiger charge is 2.61. The van der Waals surface area contributed by atoms with Crippen molar-refractivity contribution >= 4 is 35.0 Å². The smallest absolute Gasteiger partial charge is 0.347 e. The van der Waals surface area contributed by atoms with Crippen molar-refractivity contribution in [2.75, 3.05) is 28.3 Å². The fourth-order valence-electron chi connectivity index (χ4n) is 4.23. The van der Waals surface area contributed by atoms with Crippen LogP contribution in [0.4, 0.5) is 26.7 Å². The number of amides is 4. The molecule has 3 aromatic carbocycles. The summed E-state index contributed by atoms with van der Waals surface area (Å²) in [5, 5.41) is 20.9. The molecule has 5 rings (SSSR count). The predicted molar refractivity (Wildman–Crippen MR) is 134 cm³/mol. The summed E-state index contributed by atoms with van der Waals surface area (Å²) in [5.41, 5.74) is 2.58. The third-order valence-electron chi connectivity index (χ3n) is 6.14. The fourth-order valence-corrected chi connectivity index (χ4v) is 4.23. The van der Waals surface area contributed by atoms with Crippen LogP contribution in [0.5, 0.6) is 0 Å². The van der Waals surface area contributed by atoms with Crippen LogP contribution >= 0.6 is 0 Å². The number of rotatable bonds is 3. The minimum atomic E-state index is -0.970. The van der Waals surface area contributed by atoms with E-state index in [2.05, 4.69) is 16.4 Å². The Bertz CT molecular complexity index is 1440. The first-order valence-corrected chi connectivity index (χ1v) is 11.1. The Labute approximate surface area is 207 Å². The van der Waals surface area contributed by atoms with Gasteiger partial charge >= 0.3 is 12.1 Å². The number of nitriles is 2. The zero-order valence-electron chi connectivity index (χ0n) is 19.3. The number of aryl methyl sites for hydroxylation is 1. The highest BCUT2D eigenvalue weighted by atomic mass is 16.5. The number of carbonyl (C=O) groups excluding carboxylic acids is 2. The number of carbonyl (C=O) groups is 2. The van der Waals surface area contributed by atoms with Gasteiger partial charge in [-0.2, -0.15) is 15.5 Å². The van der Waals surface area contributed by atoms with Gasteiger partial charge < -0.3 is 10.1 Å². The Morgan fingerprint density at radius 1 is 0.917 bits per heavy atom. The topological polar surface area (TPSA) is 122 Å². The molecule has 2 aliphatic heterocycles. The Balaban J connectivity index is 1.58. The first kappa shape index (κ1) is 22.8. The molecule has 2 aliphatic rings. The number of amidine groups is 1. The van der Waals surface area contributed by atoms with Gasteiger partial charge in [0.15, 0.2) is 11.4 Å². The molecule has 0 atom stereocenters. The molecule has 0 saturated carbocycles. The van der Waals surface area contributed by atoms with E-state index in [0.29, 0.717) is 28.2 Å². The lowest BCUT2D eigenvalue weighted by Gasteiger charge is -2.43. The maximum absolute atomic E-state index is 13.9. The second kappa shape index (κ2) is 8.99. The predicted octanol–water partition coefficient (Wildman–Crippen LogP) is 4.58. The number of nitrogens with zero attached hydrogens (tertiary/aromatic N) is 5. The molecule has 4 amide bonds. The van der Waals surface area contributed by atoms with Gasteiger partial charge in [-0.1, -0.05) is 17.7 Å². The lowest BCUT2D eigenvalue weighted by molar-refractivity contribution is -0.0152. The van der Waals surface area contributed by atoms with E-state index in [4.69, 9.17) is 10.00 Å². The van der Waals surface area contributed by atoms with Crippen LogP contribution < -0.4 is 15.1 Å². The van der Waals surface area contributed by atoms with Gasteiger partial charge in [0.25, 0.3) is 0 Å². The Hall–Kier alpha value is -4.99. The highest BCUT2D eigenvalue weighted by Crippen LogP contribution is 2.41. The number of nitrogens with one attached hydrogen (secondary N) is 1. The summed E-state index contributed by atoms with van der Waals surface area (Å²) in [6.45, 7) is 2.30. The summed E-state index contributed by atoms with van der Waals surface area (Å²) in [4.78, 5) is 34.2. The Kier molecular flexibility index (Phi) is 5.69. The van der Waals surface area contributed by atoms with E-state index in [0.717, 1.165) is 5.56 Å². The van der Waals surface area contributed by atoms with Crippen LogP contribution in [0, 0.1) is 29.6 Å². The zero-order valence-corrected chi connectivity index (χ0v) is 19.3. The van der Waals surface area contributed by atoms with Crippen molar-refractivity contribution in [3.05, 3.63) is 89.5 Å². The number of aliphatic imine (C=N–C) groups is 1. The molecule has 2 saturated heterocycles. The molecule has 1 spiro atoms. The molecule has 2 fully saturated rings. The van der Waals surface area contributed by atoms with Crippen LogP contribution in [0.25, 0.3) is 0 Å². The normalized spacial score (nSPS) is 17.0. The average molecular weight is 476 g/mol. The summed E-state index contributed by atoms with van der Waals surface area (Å²) in [6.07, 6.45) is 0. The van der Waals surface area contributed by atoms with Gasteiger partial charge in [-0.15, -0.1) is 0 Å². The van der Waals surface area contributed by atoms with Crippen molar-refractivity contribution in [1.82, 2.24) is 0 Å². The summed E-state index contributed by atoms with van der Waals surface area (Å²) >= 11 is 0. The molecule has 3 aromatic rings. The van der Waals surface area contributed by atoms with E-state index in [-0.39, 0.29) is 25.1 Å². The van der Waals surface area contributed by atoms with E-state index in [9.17, 15) is 14.9 Å². The first-order chi connectivity index (χ1) is 17.4. The molecule has 0 radical (unpaired) electrons. The van der Waals surface area contributed by atoms with Crippen LogP contribution in [0.1, 0.15) is 16.7 Å². The number of benzene rings is 3. The third kappa shape index (κ3) is 3.84. The lowest BCUT2D eigenvalue weighted by atomic mass is 9.93. The van der Waals surface area contributed by atoms with E-state index in [1.165, 1.54) is 4.90 Å². The third-order valence-corrected chi connectivity index (χ3v) is 6.14. The molecule has 9 nitrogen and oxygen atoms in total. The van der Waals surface area contributed by atoms with Crippen molar-refractivity contribution in [3.8, 4) is 12.1 Å². The van der Waals surface area contributed by atoms with Gasteiger partial charge in [-0.05, 0) is 67.6 Å². The van der Waals surface area contributed by atoms with Crippen LogP contribution in [-0.2, 0) is 4.74 Å². The second-order valence-electron chi connectivity index (χ2n) is 8.53. The Morgan fingerprint density at radius 3 is 2.00 bits per heavy atom. The van der Waals surface area contributed by atoms with Gasteiger partial charge in [0.05, 0.1) is 42.2 Å². The number of anilines is 3. The summed E-state index contributed by atoms with van der Waals surface area (Å²) in [5.74, 6) is 0.232. The van der Waals surface area contributed by atoms with E-state index >= 15 is 0 Å². The van der Waals surface area contributed by atoms with E-state index in [1.54, 1.807) is 53.4 Å². The highest BCUT2D eigenvalue weighted by molar-refractivity contribution is 6.34. The average Bonchev–Trinajstić information content (AvgIpc) is 3.13. The van der Waals surface area contributed by atoms with Crippen molar-refractivity contribution in [1.29, 1.82) is 10.5 Å². The molecule has 1 N–H and O–H groups in total. The molecule has 0 aromatic heterocycles. The molecule has 9 heteroatoms. The maximum Gasteiger partial charge on any atom is 0.347 e. The molecule has 176 valence electrons. The minimum Gasteiger partial charge on any atom is -0.375 e. The fraction of sp³-hybridized carbons (Fsp3) is 0.148. The molecule has 0 bridgehead atoms. The summed E-state index contributed by atoms with van der Waals surface area (Å²) in [6, 6.07) is 23.5. The van der Waals surface area contributed by atoms with Gasteiger partial charge in [0, 0.05) is 11.4 Å². The molecular formula is C27H20N6O3.